The van der Waals surface area contributed by atoms with Crippen LogP contribution in [0.5, 0.6) is 0 Å². The molecule has 9 heteroatoms. The molecule has 0 saturated heterocycles. The predicted molar refractivity (Wildman–Crippen MR) is 107 cm³/mol. The molecule has 0 fully saturated rings. The van der Waals surface area contributed by atoms with Crippen LogP contribution in [0.3, 0.4) is 0 Å². The number of fused-ring (bicyclic) bond motifs is 1. The van der Waals surface area contributed by atoms with E-state index in [1.54, 1.807) is 11.1 Å². The molecule has 0 amide bonds. The van der Waals surface area contributed by atoms with E-state index >= 15 is 0 Å². The number of benzene rings is 1. The fourth-order valence-corrected chi connectivity index (χ4v) is 3.95. The maximum atomic E-state index is 12.5. The first-order valence-electron chi connectivity index (χ1n) is 8.69. The molecule has 1 aromatic carbocycles. The molecule has 3 aromatic rings. The summed E-state index contributed by atoms with van der Waals surface area (Å²) in [5, 5.41) is 0.801. The minimum absolute atomic E-state index is 0.0309. The zero-order chi connectivity index (χ0) is 20.4. The van der Waals surface area contributed by atoms with Crippen LogP contribution in [0.25, 0.3) is 20.9 Å². The molecule has 148 valence electrons. The minimum Gasteiger partial charge on any atom is -0.466 e. The number of rotatable bonds is 4. The quantitative estimate of drug-likeness (QED) is 0.606. The van der Waals surface area contributed by atoms with E-state index in [2.05, 4.69) is 9.97 Å². The van der Waals surface area contributed by atoms with E-state index in [9.17, 15) is 9.59 Å². The molecule has 0 atom stereocenters. The average Bonchev–Trinajstić information content (AvgIpc) is 3.22. The summed E-state index contributed by atoms with van der Waals surface area (Å²) in [4.78, 5) is 36.0. The fourth-order valence-electron chi connectivity index (χ4n) is 3.05. The fraction of sp³-hybridized carbons (Fsp3) is 0.200. The van der Waals surface area contributed by atoms with Crippen LogP contribution in [0.1, 0.15) is 0 Å². The molecule has 2 aromatic heterocycles. The molecule has 0 radical (unpaired) electrons. The molecule has 0 saturated carbocycles. The van der Waals surface area contributed by atoms with Gasteiger partial charge in [-0.2, -0.15) is 0 Å². The summed E-state index contributed by atoms with van der Waals surface area (Å²) < 4.78 is 15.2. The van der Waals surface area contributed by atoms with Crippen LogP contribution in [0.2, 0.25) is 0 Å². The van der Waals surface area contributed by atoms with Gasteiger partial charge in [0.15, 0.2) is 0 Å². The van der Waals surface area contributed by atoms with Crippen molar-refractivity contribution in [3.8, 4) is 10.6 Å². The molecule has 1 aliphatic heterocycles. The highest BCUT2D eigenvalue weighted by molar-refractivity contribution is 7.21. The van der Waals surface area contributed by atoms with Crippen LogP contribution >= 0.6 is 11.3 Å². The monoisotopic (exact) mass is 411 g/mol. The highest BCUT2D eigenvalue weighted by atomic mass is 32.1. The molecule has 1 aliphatic rings. The molecule has 0 spiro atoms. The van der Waals surface area contributed by atoms with Gasteiger partial charge in [0, 0.05) is 17.4 Å². The van der Waals surface area contributed by atoms with Gasteiger partial charge in [-0.05, 0) is 24.3 Å². The van der Waals surface area contributed by atoms with Crippen molar-refractivity contribution < 1.29 is 23.8 Å². The van der Waals surface area contributed by atoms with E-state index in [1.807, 2.05) is 36.4 Å². The van der Waals surface area contributed by atoms with E-state index in [-0.39, 0.29) is 24.6 Å². The Bertz CT molecular complexity index is 1090. The summed E-state index contributed by atoms with van der Waals surface area (Å²) >= 11 is 1.48. The first kappa shape index (κ1) is 19.0. The van der Waals surface area contributed by atoms with E-state index in [0.717, 1.165) is 20.9 Å². The predicted octanol–water partition coefficient (Wildman–Crippen LogP) is 2.75. The van der Waals surface area contributed by atoms with Gasteiger partial charge in [0.1, 0.15) is 27.8 Å². The lowest BCUT2D eigenvalue weighted by atomic mass is 10.1. The SMILES string of the molecule is COC(=O)C1=C(C(=O)OC)N(c2cccc(-c3nc4cccnc4s3)c2)COC1. The van der Waals surface area contributed by atoms with E-state index in [4.69, 9.17) is 14.2 Å². The van der Waals surface area contributed by atoms with Crippen LogP contribution in [0, 0.1) is 0 Å². The summed E-state index contributed by atoms with van der Waals surface area (Å²) in [5.41, 5.74) is 2.56. The molecule has 3 heterocycles. The van der Waals surface area contributed by atoms with Crippen molar-refractivity contribution in [2.75, 3.05) is 32.5 Å². The molecule has 0 aliphatic carbocycles. The van der Waals surface area contributed by atoms with Crippen LogP contribution in [0.4, 0.5) is 5.69 Å². The van der Waals surface area contributed by atoms with Crippen LogP contribution in [-0.4, -0.2) is 49.5 Å². The second-order valence-electron chi connectivity index (χ2n) is 6.11. The molecule has 0 unspecified atom stereocenters. The smallest absolute Gasteiger partial charge is 0.355 e. The van der Waals surface area contributed by atoms with Crippen molar-refractivity contribution in [1.29, 1.82) is 0 Å². The largest absolute Gasteiger partial charge is 0.466 e. The zero-order valence-electron chi connectivity index (χ0n) is 15.7. The molecular formula is C20H17N3O5S. The van der Waals surface area contributed by atoms with Crippen molar-refractivity contribution in [2.24, 2.45) is 0 Å². The van der Waals surface area contributed by atoms with Gasteiger partial charge >= 0.3 is 11.9 Å². The Hall–Kier alpha value is -3.30. The maximum Gasteiger partial charge on any atom is 0.355 e. The molecule has 29 heavy (non-hydrogen) atoms. The zero-order valence-corrected chi connectivity index (χ0v) is 16.6. The number of pyridine rings is 1. The highest BCUT2D eigenvalue weighted by Gasteiger charge is 2.32. The topological polar surface area (TPSA) is 90.9 Å². The van der Waals surface area contributed by atoms with Gasteiger partial charge in [0.25, 0.3) is 0 Å². The molecular weight excluding hydrogens is 394 g/mol. The number of carbonyl (C=O) groups is 2. The standard InChI is InChI=1S/C20H17N3O5S/c1-26-19(24)14-10-28-11-23(16(14)20(25)27-2)13-6-3-5-12(9-13)17-22-15-7-4-8-21-18(15)29-17/h3-9H,10-11H2,1-2H3. The molecule has 0 bridgehead atoms. The third kappa shape index (κ3) is 3.57. The van der Waals surface area contributed by atoms with Crippen LogP contribution in [0.15, 0.2) is 53.9 Å². The Balaban J connectivity index is 1.78. The number of anilines is 1. The van der Waals surface area contributed by atoms with Crippen molar-refractivity contribution in [1.82, 2.24) is 9.97 Å². The Kier molecular flexibility index (Phi) is 5.24. The Labute approximate surface area is 170 Å². The van der Waals surface area contributed by atoms with Gasteiger partial charge in [-0.3, -0.25) is 0 Å². The summed E-state index contributed by atoms with van der Waals surface area (Å²) in [7, 11) is 2.52. The maximum absolute atomic E-state index is 12.5. The second kappa shape index (κ2) is 7.98. The van der Waals surface area contributed by atoms with Crippen LogP contribution < -0.4 is 4.90 Å². The summed E-state index contributed by atoms with van der Waals surface area (Å²) in [5.74, 6) is -1.27. The number of aromatic nitrogens is 2. The van der Waals surface area contributed by atoms with Crippen molar-refractivity contribution in [3.05, 3.63) is 53.9 Å². The number of ether oxygens (including phenoxy) is 3. The Morgan fingerprint density at radius 2 is 1.97 bits per heavy atom. The second-order valence-corrected chi connectivity index (χ2v) is 7.09. The van der Waals surface area contributed by atoms with Crippen molar-refractivity contribution >= 4 is 39.3 Å². The number of carbonyl (C=O) groups excluding carboxylic acids is 2. The molecule has 4 rings (SSSR count). The molecule has 0 N–H and O–H groups in total. The van der Waals surface area contributed by atoms with E-state index < -0.39 is 11.9 Å². The molecule has 8 nitrogen and oxygen atoms in total. The minimum atomic E-state index is -0.636. The van der Waals surface area contributed by atoms with Gasteiger partial charge < -0.3 is 19.1 Å². The van der Waals surface area contributed by atoms with Gasteiger partial charge in [-0.15, -0.1) is 0 Å². The highest BCUT2D eigenvalue weighted by Crippen LogP contribution is 2.33. The van der Waals surface area contributed by atoms with E-state index in [0.29, 0.717) is 5.69 Å². The first-order valence-corrected chi connectivity index (χ1v) is 9.51. The average molecular weight is 411 g/mol. The summed E-state index contributed by atoms with van der Waals surface area (Å²) in [6.07, 6.45) is 1.73. The number of hydrogen-bond acceptors (Lipinski definition) is 9. The van der Waals surface area contributed by atoms with Crippen molar-refractivity contribution in [3.63, 3.8) is 0 Å². The lowest BCUT2D eigenvalue weighted by Gasteiger charge is -2.31. The lowest BCUT2D eigenvalue weighted by Crippen LogP contribution is -2.38. The summed E-state index contributed by atoms with van der Waals surface area (Å²) in [6, 6.07) is 11.2. The third-order valence-electron chi connectivity index (χ3n) is 4.40. The Morgan fingerprint density at radius 3 is 2.72 bits per heavy atom. The number of esters is 2. The van der Waals surface area contributed by atoms with E-state index in [1.165, 1.54) is 25.6 Å². The van der Waals surface area contributed by atoms with Crippen molar-refractivity contribution in [2.45, 2.75) is 0 Å². The lowest BCUT2D eigenvalue weighted by molar-refractivity contribution is -0.140. The van der Waals surface area contributed by atoms with Crippen LogP contribution in [-0.2, 0) is 23.8 Å². The third-order valence-corrected chi connectivity index (χ3v) is 5.43. The number of nitrogens with zero attached hydrogens (tertiary/aromatic N) is 3. The van der Waals surface area contributed by atoms with Gasteiger partial charge in [-0.25, -0.2) is 19.6 Å². The number of methoxy groups -OCH3 is 2. The normalized spacial score (nSPS) is 14.2. The summed E-state index contributed by atoms with van der Waals surface area (Å²) in [6.45, 7) is 0.0621. The Morgan fingerprint density at radius 1 is 1.14 bits per heavy atom. The van der Waals surface area contributed by atoms with Gasteiger partial charge in [-0.1, -0.05) is 23.5 Å². The number of thiazole rings is 1. The first-order chi connectivity index (χ1) is 14.1. The van der Waals surface area contributed by atoms with Gasteiger partial charge in [0.05, 0.1) is 26.4 Å². The number of hydrogen-bond donors (Lipinski definition) is 0. The van der Waals surface area contributed by atoms with Gasteiger partial charge in [0.2, 0.25) is 0 Å².